The Hall–Kier alpha value is -2.94. The van der Waals surface area contributed by atoms with Crippen molar-refractivity contribution in [3.8, 4) is 5.75 Å². The van der Waals surface area contributed by atoms with Crippen LogP contribution in [0.15, 0.2) is 54.0 Å². The van der Waals surface area contributed by atoms with Crippen molar-refractivity contribution in [2.45, 2.75) is 31.8 Å². The molecule has 3 aromatic rings. The van der Waals surface area contributed by atoms with Crippen LogP contribution in [0.3, 0.4) is 0 Å². The zero-order valence-corrected chi connectivity index (χ0v) is 20.7. The Kier molecular flexibility index (Phi) is 7.82. The van der Waals surface area contributed by atoms with Gasteiger partial charge in [0, 0.05) is 24.8 Å². The van der Waals surface area contributed by atoms with Crippen LogP contribution < -0.4 is 15.4 Å². The van der Waals surface area contributed by atoms with Gasteiger partial charge in [-0.1, -0.05) is 41.9 Å². The van der Waals surface area contributed by atoms with Crippen LogP contribution in [-0.4, -0.2) is 47.9 Å². The highest BCUT2D eigenvalue weighted by molar-refractivity contribution is 7.11. The molecule has 1 atom stereocenters. The monoisotopic (exact) mass is 498 g/mol. The summed E-state index contributed by atoms with van der Waals surface area (Å²) in [5.41, 5.74) is 3.96. The fourth-order valence-corrected chi connectivity index (χ4v) is 5.15. The molecule has 178 valence electrons. The van der Waals surface area contributed by atoms with Gasteiger partial charge in [-0.2, -0.15) is 0 Å². The molecule has 2 amide bonds. The third kappa shape index (κ3) is 5.58. The van der Waals surface area contributed by atoms with Crippen molar-refractivity contribution in [2.75, 3.05) is 25.5 Å². The number of nitrogens with one attached hydrogen (secondary N) is 2. The van der Waals surface area contributed by atoms with E-state index in [2.05, 4.69) is 20.5 Å². The molecule has 0 bridgehead atoms. The Bertz CT molecular complexity index is 1150. The molecule has 2 N–H and O–H groups in total. The standard InChI is InChI=1S/C25H27ClN4O3S/c1-16-23(34-15-27-16)25(32)28-18-10-12-30(13-11-18)22(17-6-4-3-5-7-17)24(31)29-19-8-9-21(33-2)20(26)14-19/h3-9,14-15,18,22H,10-13H2,1-2H3,(H,28,32)(H,29,31). The predicted octanol–water partition coefficient (Wildman–Crippen LogP) is 4.69. The van der Waals surface area contributed by atoms with E-state index in [0.29, 0.717) is 34.4 Å². The maximum atomic E-state index is 13.4. The van der Waals surface area contributed by atoms with Crippen LogP contribution in [0.1, 0.15) is 39.8 Å². The van der Waals surface area contributed by atoms with Crippen molar-refractivity contribution >= 4 is 40.4 Å². The Morgan fingerprint density at radius 2 is 1.91 bits per heavy atom. The summed E-state index contributed by atoms with van der Waals surface area (Å²) in [6, 6.07) is 14.5. The molecule has 34 heavy (non-hydrogen) atoms. The van der Waals surface area contributed by atoms with E-state index in [1.54, 1.807) is 30.8 Å². The van der Waals surface area contributed by atoms with E-state index >= 15 is 0 Å². The van der Waals surface area contributed by atoms with Crippen molar-refractivity contribution in [1.82, 2.24) is 15.2 Å². The number of hydrogen-bond acceptors (Lipinski definition) is 6. The number of aromatic nitrogens is 1. The Balaban J connectivity index is 1.45. The molecule has 9 heteroatoms. The molecule has 0 saturated carbocycles. The lowest BCUT2D eigenvalue weighted by Gasteiger charge is -2.37. The highest BCUT2D eigenvalue weighted by Crippen LogP contribution is 2.30. The van der Waals surface area contributed by atoms with Crippen LogP contribution in [0.5, 0.6) is 5.75 Å². The molecular formula is C25H27ClN4O3S. The lowest BCUT2D eigenvalue weighted by molar-refractivity contribution is -0.122. The third-order valence-corrected chi connectivity index (χ3v) is 7.19. The number of halogens is 1. The first-order valence-corrected chi connectivity index (χ1v) is 12.4. The summed E-state index contributed by atoms with van der Waals surface area (Å²) in [7, 11) is 1.55. The van der Waals surface area contributed by atoms with Gasteiger partial charge in [-0.05, 0) is 43.5 Å². The van der Waals surface area contributed by atoms with Crippen LogP contribution in [-0.2, 0) is 4.79 Å². The SMILES string of the molecule is COc1ccc(NC(=O)C(c2ccccc2)N2CCC(NC(=O)c3scnc3C)CC2)cc1Cl. The molecule has 0 radical (unpaired) electrons. The molecule has 4 rings (SSSR count). The second-order valence-electron chi connectivity index (χ2n) is 8.20. The fourth-order valence-electron chi connectivity index (χ4n) is 4.19. The van der Waals surface area contributed by atoms with Gasteiger partial charge in [-0.3, -0.25) is 14.5 Å². The van der Waals surface area contributed by atoms with Gasteiger partial charge >= 0.3 is 0 Å². The van der Waals surface area contributed by atoms with Gasteiger partial charge in [0.25, 0.3) is 5.91 Å². The van der Waals surface area contributed by atoms with Crippen LogP contribution in [0.4, 0.5) is 5.69 Å². The quantitative estimate of drug-likeness (QED) is 0.494. The lowest BCUT2D eigenvalue weighted by Crippen LogP contribution is -2.48. The number of hydrogen-bond donors (Lipinski definition) is 2. The summed E-state index contributed by atoms with van der Waals surface area (Å²) in [6.45, 7) is 3.21. The molecule has 0 aliphatic carbocycles. The fraction of sp³-hybridized carbons (Fsp3) is 0.320. The van der Waals surface area contributed by atoms with Gasteiger partial charge in [0.15, 0.2) is 0 Å². The number of thiazole rings is 1. The number of carbonyl (C=O) groups is 2. The van der Waals surface area contributed by atoms with Crippen molar-refractivity contribution in [2.24, 2.45) is 0 Å². The zero-order valence-electron chi connectivity index (χ0n) is 19.1. The topological polar surface area (TPSA) is 83.6 Å². The molecule has 2 heterocycles. The molecule has 2 aromatic carbocycles. The number of piperidine rings is 1. The number of methoxy groups -OCH3 is 1. The number of rotatable bonds is 7. The molecule has 1 saturated heterocycles. The number of likely N-dealkylation sites (tertiary alicyclic amines) is 1. The molecule has 1 aromatic heterocycles. The van der Waals surface area contributed by atoms with E-state index in [4.69, 9.17) is 16.3 Å². The number of carbonyl (C=O) groups excluding carboxylic acids is 2. The van der Waals surface area contributed by atoms with Crippen LogP contribution in [0, 0.1) is 6.92 Å². The average molecular weight is 499 g/mol. The second-order valence-corrected chi connectivity index (χ2v) is 9.46. The van der Waals surface area contributed by atoms with E-state index in [0.717, 1.165) is 24.1 Å². The minimum atomic E-state index is -0.456. The van der Waals surface area contributed by atoms with Gasteiger partial charge in [-0.25, -0.2) is 4.98 Å². The van der Waals surface area contributed by atoms with Gasteiger partial charge in [0.2, 0.25) is 5.91 Å². The molecule has 1 aliphatic heterocycles. The molecule has 0 spiro atoms. The number of anilines is 1. The van der Waals surface area contributed by atoms with Crippen LogP contribution in [0.25, 0.3) is 0 Å². The molecular weight excluding hydrogens is 472 g/mol. The van der Waals surface area contributed by atoms with E-state index in [-0.39, 0.29) is 17.9 Å². The maximum absolute atomic E-state index is 13.4. The Labute approximate surface area is 208 Å². The Morgan fingerprint density at radius 3 is 2.53 bits per heavy atom. The van der Waals surface area contributed by atoms with Gasteiger partial charge < -0.3 is 15.4 Å². The highest BCUT2D eigenvalue weighted by Gasteiger charge is 2.32. The minimum absolute atomic E-state index is 0.0603. The van der Waals surface area contributed by atoms with Crippen LogP contribution in [0.2, 0.25) is 5.02 Å². The average Bonchev–Trinajstić information content (AvgIpc) is 3.27. The number of benzene rings is 2. The maximum Gasteiger partial charge on any atom is 0.263 e. The smallest absolute Gasteiger partial charge is 0.263 e. The largest absolute Gasteiger partial charge is 0.495 e. The van der Waals surface area contributed by atoms with Crippen LogP contribution >= 0.6 is 22.9 Å². The number of aryl methyl sites for hydroxylation is 1. The first-order chi connectivity index (χ1) is 16.5. The normalized spacial score (nSPS) is 15.5. The molecule has 1 unspecified atom stereocenters. The number of nitrogens with zero attached hydrogens (tertiary/aromatic N) is 2. The summed E-state index contributed by atoms with van der Waals surface area (Å²) in [5.74, 6) is 0.347. The molecule has 7 nitrogen and oxygen atoms in total. The number of amides is 2. The van der Waals surface area contributed by atoms with Crippen molar-refractivity contribution in [1.29, 1.82) is 0 Å². The van der Waals surface area contributed by atoms with Gasteiger partial charge in [0.05, 0.1) is 23.3 Å². The lowest BCUT2D eigenvalue weighted by atomic mass is 9.98. The van der Waals surface area contributed by atoms with Crippen molar-refractivity contribution < 1.29 is 14.3 Å². The summed E-state index contributed by atoms with van der Waals surface area (Å²) in [4.78, 5) is 33.0. The second kappa shape index (κ2) is 11.0. The Morgan fingerprint density at radius 1 is 1.18 bits per heavy atom. The summed E-state index contributed by atoms with van der Waals surface area (Å²) in [6.07, 6.45) is 1.52. The molecule has 1 aliphatic rings. The summed E-state index contributed by atoms with van der Waals surface area (Å²) in [5, 5.41) is 6.56. The van der Waals surface area contributed by atoms with E-state index in [1.165, 1.54) is 11.3 Å². The first kappa shape index (κ1) is 24.2. The summed E-state index contributed by atoms with van der Waals surface area (Å²) < 4.78 is 5.20. The highest BCUT2D eigenvalue weighted by atomic mass is 35.5. The number of ether oxygens (including phenoxy) is 1. The van der Waals surface area contributed by atoms with E-state index in [9.17, 15) is 9.59 Å². The minimum Gasteiger partial charge on any atom is -0.495 e. The molecule has 1 fully saturated rings. The van der Waals surface area contributed by atoms with Crippen molar-refractivity contribution in [3.05, 3.63) is 75.2 Å². The van der Waals surface area contributed by atoms with E-state index in [1.807, 2.05) is 37.3 Å². The van der Waals surface area contributed by atoms with Gasteiger partial charge in [0.1, 0.15) is 16.7 Å². The van der Waals surface area contributed by atoms with E-state index < -0.39 is 6.04 Å². The predicted molar refractivity (Wildman–Crippen MR) is 135 cm³/mol. The summed E-state index contributed by atoms with van der Waals surface area (Å²) >= 11 is 7.59. The zero-order chi connectivity index (χ0) is 24.1. The first-order valence-electron chi connectivity index (χ1n) is 11.1. The van der Waals surface area contributed by atoms with Gasteiger partial charge in [-0.15, -0.1) is 11.3 Å². The van der Waals surface area contributed by atoms with Crippen molar-refractivity contribution in [3.63, 3.8) is 0 Å². The third-order valence-electron chi connectivity index (χ3n) is 5.96.